The topological polar surface area (TPSA) is 75.9 Å². The average Bonchev–Trinajstić information content (AvgIpc) is 2.45. The van der Waals surface area contributed by atoms with E-state index < -0.39 is 0 Å². The Hall–Kier alpha value is -1.36. The first-order chi connectivity index (χ1) is 9.93. The molecular formula is C16H29N5. The Balaban J connectivity index is 2.28. The Labute approximate surface area is 128 Å². The van der Waals surface area contributed by atoms with Gasteiger partial charge in [-0.2, -0.15) is 0 Å². The van der Waals surface area contributed by atoms with Crippen molar-refractivity contribution in [3.8, 4) is 0 Å². The van der Waals surface area contributed by atoms with E-state index in [1.807, 2.05) is 6.92 Å². The van der Waals surface area contributed by atoms with Crippen LogP contribution in [0.4, 0.5) is 11.6 Å². The third-order valence-electron chi connectivity index (χ3n) is 4.85. The van der Waals surface area contributed by atoms with Gasteiger partial charge in [0.25, 0.3) is 0 Å². The van der Waals surface area contributed by atoms with Gasteiger partial charge in [0, 0.05) is 17.5 Å². The van der Waals surface area contributed by atoms with Crippen molar-refractivity contribution in [2.75, 3.05) is 10.7 Å². The van der Waals surface area contributed by atoms with Gasteiger partial charge in [0.05, 0.1) is 0 Å². The van der Waals surface area contributed by atoms with Gasteiger partial charge in [-0.15, -0.1) is 0 Å². The zero-order chi connectivity index (χ0) is 15.6. The molecule has 1 saturated carbocycles. The average molecular weight is 291 g/mol. The van der Waals surface area contributed by atoms with E-state index >= 15 is 0 Å². The number of aromatic nitrogens is 2. The summed E-state index contributed by atoms with van der Waals surface area (Å²) in [6.45, 7) is 10.9. The van der Waals surface area contributed by atoms with Gasteiger partial charge >= 0.3 is 0 Å². The Morgan fingerprint density at radius 3 is 2.43 bits per heavy atom. The summed E-state index contributed by atoms with van der Waals surface area (Å²) in [5, 5.41) is 3.65. The van der Waals surface area contributed by atoms with Crippen LogP contribution in [0.5, 0.6) is 0 Å². The second-order valence-electron chi connectivity index (χ2n) is 6.72. The van der Waals surface area contributed by atoms with Gasteiger partial charge < -0.3 is 10.7 Å². The first-order valence-electron chi connectivity index (χ1n) is 8.05. The molecule has 3 unspecified atom stereocenters. The molecule has 0 aliphatic heterocycles. The number of nitrogens with one attached hydrogen (secondary N) is 2. The second-order valence-corrected chi connectivity index (χ2v) is 6.72. The number of hydrogen-bond acceptors (Lipinski definition) is 5. The fraction of sp³-hybridized carbons (Fsp3) is 0.750. The second kappa shape index (κ2) is 6.60. The monoisotopic (exact) mass is 291 g/mol. The van der Waals surface area contributed by atoms with E-state index in [2.05, 4.69) is 43.4 Å². The number of hydrazine groups is 1. The molecule has 0 spiro atoms. The van der Waals surface area contributed by atoms with Crippen LogP contribution in [0.25, 0.3) is 0 Å². The first-order valence-corrected chi connectivity index (χ1v) is 8.05. The summed E-state index contributed by atoms with van der Waals surface area (Å²) in [6, 6.07) is 0.480. The number of nitrogen functional groups attached to an aromatic ring is 1. The van der Waals surface area contributed by atoms with Gasteiger partial charge in [0.15, 0.2) is 0 Å². The summed E-state index contributed by atoms with van der Waals surface area (Å²) < 4.78 is 0. The van der Waals surface area contributed by atoms with Crippen molar-refractivity contribution in [1.29, 1.82) is 0 Å². The van der Waals surface area contributed by atoms with Crippen molar-refractivity contribution < 1.29 is 0 Å². The third kappa shape index (κ3) is 3.46. The number of anilines is 2. The molecule has 2 rings (SSSR count). The van der Waals surface area contributed by atoms with Crippen LogP contribution < -0.4 is 16.6 Å². The molecule has 0 amide bonds. The lowest BCUT2D eigenvalue weighted by Gasteiger charge is -2.35. The Bertz CT molecular complexity index is 486. The highest BCUT2D eigenvalue weighted by Gasteiger charge is 2.28. The third-order valence-corrected chi connectivity index (χ3v) is 4.85. The van der Waals surface area contributed by atoms with E-state index in [4.69, 9.17) is 10.8 Å². The van der Waals surface area contributed by atoms with Gasteiger partial charge in [-0.1, -0.05) is 40.5 Å². The maximum absolute atomic E-state index is 5.60. The number of rotatable bonds is 4. The molecule has 4 N–H and O–H groups in total. The summed E-state index contributed by atoms with van der Waals surface area (Å²) in [7, 11) is 0. The van der Waals surface area contributed by atoms with Gasteiger partial charge in [0.1, 0.15) is 17.5 Å². The quantitative estimate of drug-likeness (QED) is 0.585. The number of nitrogens with zero attached hydrogens (tertiary/aromatic N) is 2. The molecule has 1 aliphatic carbocycles. The standard InChI is InChI=1S/C16H29N5/c1-9(2)14-19-15(12(5)16(20-14)21-17)18-13-8-6-7-10(3)11(13)4/h9-11,13H,6-8,17H2,1-5H3,(H2,18,19,20,21). The van der Waals surface area contributed by atoms with Crippen molar-refractivity contribution in [3.05, 3.63) is 11.4 Å². The minimum Gasteiger partial charge on any atom is -0.367 e. The van der Waals surface area contributed by atoms with Crippen molar-refractivity contribution in [2.45, 2.75) is 65.8 Å². The summed E-state index contributed by atoms with van der Waals surface area (Å²) in [5.74, 6) is 9.76. The van der Waals surface area contributed by atoms with Crippen molar-refractivity contribution in [2.24, 2.45) is 17.7 Å². The predicted molar refractivity (Wildman–Crippen MR) is 88.3 cm³/mol. The zero-order valence-corrected chi connectivity index (χ0v) is 13.9. The molecule has 118 valence electrons. The van der Waals surface area contributed by atoms with Crippen LogP contribution in [0.2, 0.25) is 0 Å². The molecule has 1 fully saturated rings. The van der Waals surface area contributed by atoms with Crippen LogP contribution in [-0.2, 0) is 0 Å². The van der Waals surface area contributed by atoms with Gasteiger partial charge in [-0.25, -0.2) is 15.8 Å². The molecular weight excluding hydrogens is 262 g/mol. The molecule has 1 aromatic rings. The molecule has 5 nitrogen and oxygen atoms in total. The zero-order valence-electron chi connectivity index (χ0n) is 13.9. The molecule has 0 aromatic carbocycles. The summed E-state index contributed by atoms with van der Waals surface area (Å²) in [4.78, 5) is 9.21. The summed E-state index contributed by atoms with van der Waals surface area (Å²) in [5.41, 5.74) is 3.69. The van der Waals surface area contributed by atoms with E-state index in [1.165, 1.54) is 19.3 Å². The van der Waals surface area contributed by atoms with Crippen LogP contribution >= 0.6 is 0 Å². The van der Waals surface area contributed by atoms with Crippen LogP contribution in [0.1, 0.15) is 64.3 Å². The molecule has 1 aliphatic rings. The highest BCUT2D eigenvalue weighted by molar-refractivity contribution is 5.57. The fourth-order valence-corrected chi connectivity index (χ4v) is 3.03. The molecule has 0 saturated heterocycles. The first kappa shape index (κ1) is 16.0. The van der Waals surface area contributed by atoms with Crippen molar-refractivity contribution in [3.63, 3.8) is 0 Å². The number of nitrogens with two attached hydrogens (primary N) is 1. The highest BCUT2D eigenvalue weighted by atomic mass is 15.3. The Morgan fingerprint density at radius 2 is 1.81 bits per heavy atom. The Morgan fingerprint density at radius 1 is 1.14 bits per heavy atom. The lowest BCUT2D eigenvalue weighted by atomic mass is 9.78. The lowest BCUT2D eigenvalue weighted by Crippen LogP contribution is -2.35. The molecule has 5 heteroatoms. The summed E-state index contributed by atoms with van der Waals surface area (Å²) >= 11 is 0. The SMILES string of the molecule is Cc1c(NN)nc(C(C)C)nc1NC1CCCC(C)C1C. The van der Waals surface area contributed by atoms with Gasteiger partial charge in [-0.3, -0.25) is 0 Å². The molecule has 21 heavy (non-hydrogen) atoms. The van der Waals surface area contributed by atoms with E-state index in [-0.39, 0.29) is 5.92 Å². The van der Waals surface area contributed by atoms with Crippen LogP contribution in [0.3, 0.4) is 0 Å². The number of hydrogen-bond donors (Lipinski definition) is 3. The van der Waals surface area contributed by atoms with Crippen LogP contribution in [0, 0.1) is 18.8 Å². The minimum absolute atomic E-state index is 0.279. The fourth-order valence-electron chi connectivity index (χ4n) is 3.03. The van der Waals surface area contributed by atoms with E-state index in [0.717, 1.165) is 23.1 Å². The normalized spacial score (nSPS) is 26.0. The molecule has 3 atom stereocenters. The smallest absolute Gasteiger partial charge is 0.148 e. The predicted octanol–water partition coefficient (Wildman–Crippen LogP) is 3.43. The molecule has 1 aromatic heterocycles. The van der Waals surface area contributed by atoms with E-state index in [0.29, 0.717) is 17.8 Å². The van der Waals surface area contributed by atoms with E-state index in [1.54, 1.807) is 0 Å². The summed E-state index contributed by atoms with van der Waals surface area (Å²) in [6.07, 6.45) is 3.82. The minimum atomic E-state index is 0.279. The maximum atomic E-state index is 5.60. The van der Waals surface area contributed by atoms with Gasteiger partial charge in [0.2, 0.25) is 0 Å². The van der Waals surface area contributed by atoms with E-state index in [9.17, 15) is 0 Å². The van der Waals surface area contributed by atoms with Crippen LogP contribution in [-0.4, -0.2) is 16.0 Å². The maximum Gasteiger partial charge on any atom is 0.148 e. The van der Waals surface area contributed by atoms with Gasteiger partial charge in [-0.05, 0) is 25.2 Å². The highest BCUT2D eigenvalue weighted by Crippen LogP contribution is 2.32. The van der Waals surface area contributed by atoms with Crippen molar-refractivity contribution >= 4 is 11.6 Å². The lowest BCUT2D eigenvalue weighted by molar-refractivity contribution is 0.252. The molecule has 0 bridgehead atoms. The molecule has 1 heterocycles. The van der Waals surface area contributed by atoms with Crippen molar-refractivity contribution in [1.82, 2.24) is 9.97 Å². The largest absolute Gasteiger partial charge is 0.367 e. The Kier molecular flexibility index (Phi) is 5.04. The van der Waals surface area contributed by atoms with Crippen LogP contribution in [0.15, 0.2) is 0 Å². The molecule has 0 radical (unpaired) electrons.